The first-order valence-corrected chi connectivity index (χ1v) is 12.4. The zero-order valence-corrected chi connectivity index (χ0v) is 21.6. The van der Waals surface area contributed by atoms with Crippen molar-refractivity contribution in [1.29, 1.82) is 0 Å². The highest BCUT2D eigenvalue weighted by Crippen LogP contribution is 2.35. The fourth-order valence-electron chi connectivity index (χ4n) is 4.58. The maximum absolute atomic E-state index is 14.1. The lowest BCUT2D eigenvalue weighted by atomic mass is 9.88. The van der Waals surface area contributed by atoms with Gasteiger partial charge in [0, 0.05) is 35.9 Å². The molecule has 0 aliphatic carbocycles. The van der Waals surface area contributed by atoms with Gasteiger partial charge in [0.1, 0.15) is 29.9 Å². The fraction of sp³-hybridized carbons (Fsp3) is 0.286. The van der Waals surface area contributed by atoms with Gasteiger partial charge in [0.2, 0.25) is 0 Å². The molecule has 1 amide bonds. The second-order valence-corrected chi connectivity index (χ2v) is 10.3. The predicted octanol–water partition coefficient (Wildman–Crippen LogP) is 4.30. The number of aromatic nitrogens is 5. The summed E-state index contributed by atoms with van der Waals surface area (Å²) in [4.78, 5) is 38.5. The lowest BCUT2D eigenvalue weighted by Gasteiger charge is -2.24. The number of esters is 1. The molecule has 1 atom stereocenters. The summed E-state index contributed by atoms with van der Waals surface area (Å²) in [5.41, 5.74) is 2.67. The molecule has 0 saturated heterocycles. The van der Waals surface area contributed by atoms with Crippen molar-refractivity contribution in [3.8, 4) is 17.1 Å². The van der Waals surface area contributed by atoms with Crippen LogP contribution in [0.3, 0.4) is 0 Å². The minimum absolute atomic E-state index is 0.0835. The average Bonchev–Trinajstić information content (AvgIpc) is 3.52. The van der Waals surface area contributed by atoms with E-state index in [1.807, 2.05) is 12.1 Å². The van der Waals surface area contributed by atoms with Crippen LogP contribution in [0.2, 0.25) is 0 Å². The topological polar surface area (TPSA) is 112 Å². The molecule has 4 aromatic rings. The Labute approximate surface area is 223 Å². The lowest BCUT2D eigenvalue weighted by molar-refractivity contribution is -0.155. The molecular formula is C28H26F2N6O3. The van der Waals surface area contributed by atoms with Crippen molar-refractivity contribution in [1.82, 2.24) is 30.0 Å². The molecule has 0 bridgehead atoms. The molecule has 0 radical (unpaired) electrons. The number of hydrogen-bond donors (Lipinski definition) is 1. The van der Waals surface area contributed by atoms with E-state index >= 15 is 0 Å². The summed E-state index contributed by atoms with van der Waals surface area (Å²) in [7, 11) is 0. The summed E-state index contributed by atoms with van der Waals surface area (Å²) in [6, 6.07) is 8.70. The predicted molar refractivity (Wildman–Crippen MR) is 137 cm³/mol. The third-order valence-corrected chi connectivity index (χ3v) is 6.16. The first-order valence-electron chi connectivity index (χ1n) is 12.4. The second-order valence-electron chi connectivity index (χ2n) is 10.3. The Balaban J connectivity index is 1.64. The molecule has 0 fully saturated rings. The van der Waals surface area contributed by atoms with Crippen LogP contribution in [0.25, 0.3) is 17.1 Å². The molecule has 3 heterocycles. The van der Waals surface area contributed by atoms with Crippen molar-refractivity contribution in [2.75, 3.05) is 0 Å². The zero-order valence-electron chi connectivity index (χ0n) is 21.6. The molecule has 5 rings (SSSR count). The molecule has 2 aromatic carbocycles. The first-order chi connectivity index (χ1) is 18.6. The summed E-state index contributed by atoms with van der Waals surface area (Å²) in [6.07, 6.45) is 4.32. The van der Waals surface area contributed by atoms with Gasteiger partial charge in [-0.3, -0.25) is 9.59 Å². The number of benzene rings is 2. The Bertz CT molecular complexity index is 1530. The summed E-state index contributed by atoms with van der Waals surface area (Å²) in [5.74, 6) is -2.60. The van der Waals surface area contributed by atoms with E-state index in [2.05, 4.69) is 20.4 Å². The van der Waals surface area contributed by atoms with Crippen molar-refractivity contribution in [3.05, 3.63) is 89.3 Å². The van der Waals surface area contributed by atoms with Crippen LogP contribution in [-0.4, -0.2) is 42.2 Å². The van der Waals surface area contributed by atoms with Crippen molar-refractivity contribution in [3.63, 3.8) is 0 Å². The zero-order chi connectivity index (χ0) is 27.7. The largest absolute Gasteiger partial charge is 0.460 e. The van der Waals surface area contributed by atoms with Gasteiger partial charge in [0.15, 0.2) is 0 Å². The first kappa shape index (κ1) is 26.1. The molecule has 0 spiro atoms. The molecule has 39 heavy (non-hydrogen) atoms. The Kier molecular flexibility index (Phi) is 6.90. The number of amides is 1. The number of fused-ring (bicyclic) bond motifs is 1. The molecule has 9 nitrogen and oxygen atoms in total. The normalized spacial score (nSPS) is 13.6. The molecule has 11 heteroatoms. The van der Waals surface area contributed by atoms with E-state index in [-0.39, 0.29) is 24.7 Å². The SMILES string of the molecule is CC(C)(C)OC(=O)C[C@@H](Cc1cc(F)cc(F)c1)c1nc(-n2cncn2)ncc1-c1ccc2c(c1)C(=O)NC2. The van der Waals surface area contributed by atoms with Crippen LogP contribution in [0.1, 0.15) is 60.3 Å². The van der Waals surface area contributed by atoms with Gasteiger partial charge in [0.05, 0.1) is 12.1 Å². The van der Waals surface area contributed by atoms with E-state index in [0.717, 1.165) is 11.6 Å². The molecule has 1 aliphatic heterocycles. The Morgan fingerprint density at radius 2 is 1.90 bits per heavy atom. The second kappa shape index (κ2) is 10.3. The van der Waals surface area contributed by atoms with Gasteiger partial charge in [-0.05, 0) is 62.1 Å². The Morgan fingerprint density at radius 1 is 1.13 bits per heavy atom. The van der Waals surface area contributed by atoms with Crippen LogP contribution in [-0.2, 0) is 22.5 Å². The van der Waals surface area contributed by atoms with Crippen molar-refractivity contribution < 1.29 is 23.1 Å². The molecule has 1 aliphatic rings. The van der Waals surface area contributed by atoms with E-state index in [1.54, 1.807) is 33.0 Å². The minimum Gasteiger partial charge on any atom is -0.460 e. The van der Waals surface area contributed by atoms with Crippen LogP contribution < -0.4 is 5.32 Å². The van der Waals surface area contributed by atoms with Crippen molar-refractivity contribution in [2.24, 2.45) is 0 Å². The van der Waals surface area contributed by atoms with E-state index in [9.17, 15) is 18.4 Å². The quantitative estimate of drug-likeness (QED) is 0.353. The number of rotatable bonds is 7. The number of nitrogens with one attached hydrogen (secondary N) is 1. The van der Waals surface area contributed by atoms with E-state index in [4.69, 9.17) is 9.72 Å². The van der Waals surface area contributed by atoms with Crippen LogP contribution in [0.5, 0.6) is 0 Å². The van der Waals surface area contributed by atoms with Crippen LogP contribution in [0, 0.1) is 11.6 Å². The fourth-order valence-corrected chi connectivity index (χ4v) is 4.58. The molecule has 0 unspecified atom stereocenters. The average molecular weight is 533 g/mol. The van der Waals surface area contributed by atoms with Gasteiger partial charge in [0.25, 0.3) is 11.9 Å². The summed E-state index contributed by atoms with van der Waals surface area (Å²) >= 11 is 0. The van der Waals surface area contributed by atoms with E-state index in [1.165, 1.54) is 29.5 Å². The van der Waals surface area contributed by atoms with Crippen molar-refractivity contribution >= 4 is 11.9 Å². The molecule has 200 valence electrons. The van der Waals surface area contributed by atoms with Gasteiger partial charge in [-0.2, -0.15) is 9.78 Å². The number of halogens is 2. The summed E-state index contributed by atoms with van der Waals surface area (Å²) in [5, 5.41) is 6.90. The maximum Gasteiger partial charge on any atom is 0.306 e. The highest BCUT2D eigenvalue weighted by atomic mass is 19.1. The highest BCUT2D eigenvalue weighted by Gasteiger charge is 2.28. The van der Waals surface area contributed by atoms with Crippen LogP contribution >= 0.6 is 0 Å². The third kappa shape index (κ3) is 5.97. The molecular weight excluding hydrogens is 506 g/mol. The summed E-state index contributed by atoms with van der Waals surface area (Å²) < 4.78 is 35.2. The van der Waals surface area contributed by atoms with Crippen LogP contribution in [0.15, 0.2) is 55.2 Å². The molecule has 2 aromatic heterocycles. The number of hydrogen-bond acceptors (Lipinski definition) is 7. The number of carbonyl (C=O) groups excluding carboxylic acids is 2. The van der Waals surface area contributed by atoms with Gasteiger partial charge >= 0.3 is 5.97 Å². The maximum atomic E-state index is 14.1. The third-order valence-electron chi connectivity index (χ3n) is 6.16. The standard InChI is InChI=1S/C28H26F2N6O3/c1-28(2,3)39-24(37)10-19(6-16-7-20(29)11-21(30)8-16)25-23(13-33-27(35-25)36-15-31-14-34-36)17-4-5-18-12-32-26(38)22(18)9-17/h4-5,7-9,11,13-15,19H,6,10,12H2,1-3H3,(H,32,38)/t19-/m1/s1. The van der Waals surface area contributed by atoms with Crippen molar-refractivity contribution in [2.45, 2.75) is 51.7 Å². The highest BCUT2D eigenvalue weighted by molar-refractivity contribution is 5.99. The number of nitrogens with zero attached hydrogens (tertiary/aromatic N) is 5. The van der Waals surface area contributed by atoms with Gasteiger partial charge in [-0.1, -0.05) is 12.1 Å². The summed E-state index contributed by atoms with van der Waals surface area (Å²) in [6.45, 7) is 5.72. The monoisotopic (exact) mass is 532 g/mol. The lowest BCUT2D eigenvalue weighted by Crippen LogP contribution is -2.26. The molecule has 1 N–H and O–H groups in total. The minimum atomic E-state index is -0.736. The van der Waals surface area contributed by atoms with Gasteiger partial charge < -0.3 is 10.1 Å². The van der Waals surface area contributed by atoms with Crippen LogP contribution in [0.4, 0.5) is 8.78 Å². The Morgan fingerprint density at radius 3 is 2.59 bits per heavy atom. The number of carbonyl (C=O) groups is 2. The van der Waals surface area contributed by atoms with Gasteiger partial charge in [-0.15, -0.1) is 0 Å². The van der Waals surface area contributed by atoms with E-state index < -0.39 is 29.1 Å². The number of ether oxygens (including phenoxy) is 1. The van der Waals surface area contributed by atoms with Gasteiger partial charge in [-0.25, -0.2) is 23.7 Å². The molecule has 0 saturated carbocycles. The Hall–Kier alpha value is -4.54. The smallest absolute Gasteiger partial charge is 0.306 e. The van der Waals surface area contributed by atoms with E-state index in [0.29, 0.717) is 34.5 Å².